The van der Waals surface area contributed by atoms with Gasteiger partial charge in [-0.2, -0.15) is 0 Å². The van der Waals surface area contributed by atoms with Crippen LogP contribution in [-0.2, 0) is 11.3 Å². The molecule has 0 saturated carbocycles. The SMILES string of the molecule is CC1CC(NCc2cc(F)ccc2Br)CC(C)O1. The second-order valence-electron chi connectivity index (χ2n) is 5.04. The fourth-order valence-electron chi connectivity index (χ4n) is 2.50. The first-order valence-corrected chi connectivity index (χ1v) is 7.16. The molecule has 100 valence electrons. The highest BCUT2D eigenvalue weighted by atomic mass is 79.9. The summed E-state index contributed by atoms with van der Waals surface area (Å²) in [5, 5.41) is 3.49. The van der Waals surface area contributed by atoms with E-state index in [9.17, 15) is 4.39 Å². The predicted molar refractivity (Wildman–Crippen MR) is 74.0 cm³/mol. The second-order valence-corrected chi connectivity index (χ2v) is 5.90. The minimum absolute atomic E-state index is 0.191. The zero-order valence-corrected chi connectivity index (χ0v) is 12.3. The van der Waals surface area contributed by atoms with Gasteiger partial charge in [-0.1, -0.05) is 15.9 Å². The molecule has 1 saturated heterocycles. The number of hydrogen-bond donors (Lipinski definition) is 1. The lowest BCUT2D eigenvalue weighted by atomic mass is 9.99. The zero-order valence-electron chi connectivity index (χ0n) is 10.7. The second kappa shape index (κ2) is 6.13. The summed E-state index contributed by atoms with van der Waals surface area (Å²) < 4.78 is 19.8. The molecule has 0 aromatic heterocycles. The third kappa shape index (κ3) is 3.77. The molecular formula is C14H19BrFNO. The molecular weight excluding hydrogens is 297 g/mol. The van der Waals surface area contributed by atoms with E-state index in [0.717, 1.165) is 22.9 Å². The Balaban J connectivity index is 1.92. The fraction of sp³-hybridized carbons (Fsp3) is 0.571. The molecule has 0 bridgehead atoms. The first-order chi connectivity index (χ1) is 8.54. The van der Waals surface area contributed by atoms with Gasteiger partial charge in [-0.05, 0) is 50.5 Å². The lowest BCUT2D eigenvalue weighted by Crippen LogP contribution is -2.41. The van der Waals surface area contributed by atoms with Crippen LogP contribution in [0.1, 0.15) is 32.3 Å². The standard InChI is InChI=1S/C14H19BrFNO/c1-9-5-13(6-10(2)18-9)17-8-11-7-12(16)3-4-14(11)15/h3-4,7,9-10,13,17H,5-6,8H2,1-2H3. The topological polar surface area (TPSA) is 21.3 Å². The summed E-state index contributed by atoms with van der Waals surface area (Å²) in [6, 6.07) is 5.23. The monoisotopic (exact) mass is 315 g/mol. The average molecular weight is 316 g/mol. The van der Waals surface area contributed by atoms with Gasteiger partial charge >= 0.3 is 0 Å². The molecule has 18 heavy (non-hydrogen) atoms. The van der Waals surface area contributed by atoms with E-state index in [2.05, 4.69) is 35.1 Å². The molecule has 1 aliphatic heterocycles. The minimum atomic E-state index is -0.191. The van der Waals surface area contributed by atoms with Crippen LogP contribution in [0.5, 0.6) is 0 Å². The lowest BCUT2D eigenvalue weighted by molar-refractivity contribution is -0.0423. The molecule has 1 heterocycles. The van der Waals surface area contributed by atoms with Gasteiger partial charge in [0.2, 0.25) is 0 Å². The van der Waals surface area contributed by atoms with Gasteiger partial charge in [-0.3, -0.25) is 0 Å². The van der Waals surface area contributed by atoms with Crippen LogP contribution >= 0.6 is 15.9 Å². The number of ether oxygens (including phenoxy) is 1. The van der Waals surface area contributed by atoms with Crippen LogP contribution in [0.4, 0.5) is 4.39 Å². The summed E-state index contributed by atoms with van der Waals surface area (Å²) in [6.45, 7) is 4.88. The van der Waals surface area contributed by atoms with Gasteiger partial charge in [0.15, 0.2) is 0 Å². The lowest BCUT2D eigenvalue weighted by Gasteiger charge is -2.32. The summed E-state index contributed by atoms with van der Waals surface area (Å²) in [6.07, 6.45) is 2.61. The third-order valence-electron chi connectivity index (χ3n) is 3.29. The van der Waals surface area contributed by atoms with Gasteiger partial charge in [0.25, 0.3) is 0 Å². The maximum Gasteiger partial charge on any atom is 0.123 e. The Morgan fingerprint density at radius 1 is 1.33 bits per heavy atom. The first-order valence-electron chi connectivity index (χ1n) is 6.37. The third-order valence-corrected chi connectivity index (χ3v) is 4.06. The Kier molecular flexibility index (Phi) is 4.76. The number of halogens is 2. The van der Waals surface area contributed by atoms with Gasteiger partial charge < -0.3 is 10.1 Å². The van der Waals surface area contributed by atoms with E-state index in [1.54, 1.807) is 12.1 Å². The van der Waals surface area contributed by atoms with Gasteiger partial charge in [0, 0.05) is 17.1 Å². The van der Waals surface area contributed by atoms with E-state index in [0.29, 0.717) is 24.8 Å². The Morgan fingerprint density at radius 2 is 2.00 bits per heavy atom. The van der Waals surface area contributed by atoms with E-state index < -0.39 is 0 Å². The van der Waals surface area contributed by atoms with E-state index in [1.807, 2.05) is 0 Å². The van der Waals surface area contributed by atoms with Gasteiger partial charge in [0.05, 0.1) is 12.2 Å². The molecule has 2 nitrogen and oxygen atoms in total. The molecule has 2 unspecified atom stereocenters. The number of rotatable bonds is 3. The molecule has 1 aromatic carbocycles. The molecule has 2 rings (SSSR count). The molecule has 1 fully saturated rings. The molecule has 4 heteroatoms. The van der Waals surface area contributed by atoms with Crippen LogP contribution in [0.2, 0.25) is 0 Å². The largest absolute Gasteiger partial charge is 0.375 e. The molecule has 2 atom stereocenters. The summed E-state index contributed by atoms with van der Waals surface area (Å²) in [5.74, 6) is -0.191. The highest BCUT2D eigenvalue weighted by Gasteiger charge is 2.23. The molecule has 1 N–H and O–H groups in total. The first kappa shape index (κ1) is 14.0. The normalized spacial score (nSPS) is 28.3. The van der Waals surface area contributed by atoms with Gasteiger partial charge in [-0.15, -0.1) is 0 Å². The highest BCUT2D eigenvalue weighted by molar-refractivity contribution is 9.10. The van der Waals surface area contributed by atoms with E-state index >= 15 is 0 Å². The number of nitrogens with one attached hydrogen (secondary N) is 1. The summed E-state index contributed by atoms with van der Waals surface area (Å²) >= 11 is 3.45. The quantitative estimate of drug-likeness (QED) is 0.919. The molecule has 0 aliphatic carbocycles. The van der Waals surface area contributed by atoms with Crippen molar-refractivity contribution in [2.24, 2.45) is 0 Å². The van der Waals surface area contributed by atoms with Crippen molar-refractivity contribution in [3.8, 4) is 0 Å². The van der Waals surface area contributed by atoms with E-state index in [-0.39, 0.29) is 5.82 Å². The number of benzene rings is 1. The maximum atomic E-state index is 13.2. The van der Waals surface area contributed by atoms with Crippen LogP contribution < -0.4 is 5.32 Å². The van der Waals surface area contributed by atoms with Crippen LogP contribution in [-0.4, -0.2) is 18.2 Å². The Bertz CT molecular complexity index is 403. The van der Waals surface area contributed by atoms with Crippen LogP contribution in [0.25, 0.3) is 0 Å². The average Bonchev–Trinajstić information content (AvgIpc) is 2.29. The van der Waals surface area contributed by atoms with Crippen molar-refractivity contribution in [1.29, 1.82) is 0 Å². The molecule has 1 aromatic rings. The van der Waals surface area contributed by atoms with Crippen molar-refractivity contribution >= 4 is 15.9 Å². The van der Waals surface area contributed by atoms with Crippen molar-refractivity contribution in [3.05, 3.63) is 34.1 Å². The van der Waals surface area contributed by atoms with Crippen molar-refractivity contribution in [1.82, 2.24) is 5.32 Å². The van der Waals surface area contributed by atoms with Crippen LogP contribution in [0.15, 0.2) is 22.7 Å². The molecule has 1 aliphatic rings. The number of hydrogen-bond acceptors (Lipinski definition) is 2. The van der Waals surface area contributed by atoms with E-state index in [1.165, 1.54) is 6.07 Å². The highest BCUT2D eigenvalue weighted by Crippen LogP contribution is 2.21. The van der Waals surface area contributed by atoms with E-state index in [4.69, 9.17) is 4.74 Å². The van der Waals surface area contributed by atoms with Crippen LogP contribution in [0.3, 0.4) is 0 Å². The molecule has 0 radical (unpaired) electrons. The fourth-order valence-corrected chi connectivity index (χ4v) is 2.89. The Labute approximate surface area is 116 Å². The van der Waals surface area contributed by atoms with Crippen molar-refractivity contribution in [2.75, 3.05) is 0 Å². The van der Waals surface area contributed by atoms with Crippen LogP contribution in [0, 0.1) is 5.82 Å². The summed E-state index contributed by atoms with van der Waals surface area (Å²) in [5.41, 5.74) is 0.960. The summed E-state index contributed by atoms with van der Waals surface area (Å²) in [4.78, 5) is 0. The van der Waals surface area contributed by atoms with Gasteiger partial charge in [-0.25, -0.2) is 4.39 Å². The Hall–Kier alpha value is -0.450. The summed E-state index contributed by atoms with van der Waals surface area (Å²) in [7, 11) is 0. The minimum Gasteiger partial charge on any atom is -0.375 e. The Morgan fingerprint density at radius 3 is 2.67 bits per heavy atom. The molecule has 0 amide bonds. The zero-order chi connectivity index (χ0) is 13.1. The van der Waals surface area contributed by atoms with Crippen molar-refractivity contribution in [2.45, 2.75) is 51.5 Å². The smallest absolute Gasteiger partial charge is 0.123 e. The maximum absolute atomic E-state index is 13.2. The molecule has 0 spiro atoms. The van der Waals surface area contributed by atoms with Crippen molar-refractivity contribution in [3.63, 3.8) is 0 Å². The predicted octanol–water partition coefficient (Wildman–Crippen LogP) is 3.63. The van der Waals surface area contributed by atoms with Gasteiger partial charge in [0.1, 0.15) is 5.82 Å². The van der Waals surface area contributed by atoms with Crippen molar-refractivity contribution < 1.29 is 9.13 Å².